The molecular weight excluding hydrogens is 272 g/mol. The fourth-order valence-corrected chi connectivity index (χ4v) is 2.32. The molecule has 0 spiro atoms. The summed E-state index contributed by atoms with van der Waals surface area (Å²) in [7, 11) is 1.80. The molecule has 0 aliphatic rings. The van der Waals surface area contributed by atoms with Crippen molar-refractivity contribution in [3.8, 4) is 0 Å². The van der Waals surface area contributed by atoms with Gasteiger partial charge in [-0.1, -0.05) is 43.6 Å². The van der Waals surface area contributed by atoms with E-state index in [1.54, 1.807) is 18.0 Å². The van der Waals surface area contributed by atoms with Crippen molar-refractivity contribution in [1.29, 1.82) is 0 Å². The van der Waals surface area contributed by atoms with Gasteiger partial charge in [-0.3, -0.25) is 4.79 Å². The van der Waals surface area contributed by atoms with E-state index in [9.17, 15) is 4.79 Å². The molecule has 1 aromatic carbocycles. The summed E-state index contributed by atoms with van der Waals surface area (Å²) < 4.78 is 0. The molecular formula is C16H19ClN2O. The largest absolute Gasteiger partial charge is 0.337 e. The highest BCUT2D eigenvalue weighted by Gasteiger charge is 2.21. The molecule has 4 heteroatoms. The van der Waals surface area contributed by atoms with Crippen LogP contribution in [0.2, 0.25) is 5.02 Å². The molecule has 3 nitrogen and oxygen atoms in total. The van der Waals surface area contributed by atoms with E-state index in [4.69, 9.17) is 11.6 Å². The number of fused-ring (bicyclic) bond motifs is 1. The van der Waals surface area contributed by atoms with Crippen LogP contribution in [0, 0.1) is 5.92 Å². The van der Waals surface area contributed by atoms with Crippen molar-refractivity contribution in [2.24, 2.45) is 5.92 Å². The summed E-state index contributed by atoms with van der Waals surface area (Å²) in [5, 5.41) is 1.43. The zero-order chi connectivity index (χ0) is 14.9. The van der Waals surface area contributed by atoms with Gasteiger partial charge in [-0.05, 0) is 25.0 Å². The number of carbonyl (C=O) groups is 1. The molecule has 0 bridgehead atoms. The van der Waals surface area contributed by atoms with Crippen molar-refractivity contribution >= 4 is 28.4 Å². The number of carbonyl (C=O) groups excluding carboxylic acids is 1. The number of aromatic nitrogens is 1. The molecule has 0 aliphatic heterocycles. The zero-order valence-corrected chi connectivity index (χ0v) is 13.0. The van der Waals surface area contributed by atoms with E-state index in [0.717, 1.165) is 10.9 Å². The highest BCUT2D eigenvalue weighted by molar-refractivity contribution is 6.35. The van der Waals surface area contributed by atoms with E-state index in [1.165, 1.54) is 0 Å². The molecule has 106 valence electrons. The Bertz CT molecular complexity index is 639. The molecule has 1 amide bonds. The predicted molar refractivity (Wildman–Crippen MR) is 83.1 cm³/mol. The molecule has 0 radical (unpaired) electrons. The summed E-state index contributed by atoms with van der Waals surface area (Å²) in [5.41, 5.74) is 1.14. The van der Waals surface area contributed by atoms with Crippen LogP contribution in [0.15, 0.2) is 30.3 Å². The number of benzene rings is 1. The van der Waals surface area contributed by atoms with Gasteiger partial charge in [0.1, 0.15) is 5.69 Å². The third-order valence-corrected chi connectivity index (χ3v) is 4.09. The normalized spacial score (nSPS) is 12.7. The maximum Gasteiger partial charge on any atom is 0.272 e. The van der Waals surface area contributed by atoms with Crippen molar-refractivity contribution in [3.63, 3.8) is 0 Å². The lowest BCUT2D eigenvalue weighted by molar-refractivity contribution is 0.0701. The summed E-state index contributed by atoms with van der Waals surface area (Å²) in [6.45, 7) is 6.22. The average Bonchev–Trinajstić information content (AvgIpc) is 2.44. The molecule has 1 heterocycles. The molecule has 0 N–H and O–H groups in total. The highest BCUT2D eigenvalue weighted by Crippen LogP contribution is 2.23. The molecule has 2 rings (SSSR count). The second-order valence-electron chi connectivity index (χ2n) is 5.41. The lowest BCUT2D eigenvalue weighted by atomic mass is 10.0. The van der Waals surface area contributed by atoms with Gasteiger partial charge in [-0.25, -0.2) is 4.98 Å². The minimum absolute atomic E-state index is 0.0983. The number of hydrogen-bond donors (Lipinski definition) is 0. The lowest BCUT2D eigenvalue weighted by Crippen LogP contribution is -2.38. The smallest absolute Gasteiger partial charge is 0.272 e. The number of rotatable bonds is 3. The molecule has 20 heavy (non-hydrogen) atoms. The van der Waals surface area contributed by atoms with Crippen molar-refractivity contribution in [1.82, 2.24) is 9.88 Å². The molecule has 1 aromatic heterocycles. The van der Waals surface area contributed by atoms with Crippen LogP contribution in [-0.4, -0.2) is 28.9 Å². The van der Waals surface area contributed by atoms with Gasteiger partial charge >= 0.3 is 0 Å². The van der Waals surface area contributed by atoms with Crippen LogP contribution in [0.4, 0.5) is 0 Å². The van der Waals surface area contributed by atoms with Crippen molar-refractivity contribution in [2.45, 2.75) is 26.8 Å². The van der Waals surface area contributed by atoms with Crippen molar-refractivity contribution in [3.05, 3.63) is 41.0 Å². The van der Waals surface area contributed by atoms with E-state index in [-0.39, 0.29) is 11.9 Å². The topological polar surface area (TPSA) is 33.2 Å². The Balaban J connectivity index is 2.40. The molecule has 1 unspecified atom stereocenters. The van der Waals surface area contributed by atoms with Gasteiger partial charge in [-0.2, -0.15) is 0 Å². The fraction of sp³-hybridized carbons (Fsp3) is 0.375. The van der Waals surface area contributed by atoms with Crippen molar-refractivity contribution < 1.29 is 4.79 Å². The number of amides is 1. The second kappa shape index (κ2) is 5.80. The van der Waals surface area contributed by atoms with Crippen LogP contribution in [0.1, 0.15) is 31.3 Å². The van der Waals surface area contributed by atoms with E-state index in [0.29, 0.717) is 16.6 Å². The highest BCUT2D eigenvalue weighted by atomic mass is 35.5. The van der Waals surface area contributed by atoms with E-state index in [1.807, 2.05) is 31.2 Å². The first kappa shape index (κ1) is 14.8. The molecule has 0 saturated heterocycles. The number of para-hydroxylation sites is 1. The Morgan fingerprint density at radius 3 is 2.55 bits per heavy atom. The molecule has 0 aliphatic carbocycles. The van der Waals surface area contributed by atoms with Gasteiger partial charge in [0, 0.05) is 18.5 Å². The monoisotopic (exact) mass is 290 g/mol. The Labute approximate surface area is 124 Å². The van der Waals surface area contributed by atoms with E-state index < -0.39 is 0 Å². The Morgan fingerprint density at radius 2 is 1.90 bits per heavy atom. The number of pyridine rings is 1. The molecule has 2 aromatic rings. The summed E-state index contributed by atoms with van der Waals surface area (Å²) in [4.78, 5) is 18.6. The standard InChI is InChI=1S/C16H19ClN2O/c1-10(2)11(3)19(4)16(20)15-9-13(17)12-7-5-6-8-14(12)18-15/h5-11H,1-4H3. The van der Waals surface area contributed by atoms with Crippen LogP contribution >= 0.6 is 11.6 Å². The number of halogens is 1. The summed E-state index contributed by atoms with van der Waals surface area (Å²) in [5.74, 6) is 0.290. The average molecular weight is 291 g/mol. The van der Waals surface area contributed by atoms with Gasteiger partial charge in [-0.15, -0.1) is 0 Å². The zero-order valence-electron chi connectivity index (χ0n) is 12.2. The minimum atomic E-state index is -0.0983. The van der Waals surface area contributed by atoms with Gasteiger partial charge in [0.25, 0.3) is 5.91 Å². The third kappa shape index (κ3) is 2.78. The lowest BCUT2D eigenvalue weighted by Gasteiger charge is -2.27. The molecule has 0 saturated carbocycles. The predicted octanol–water partition coefficient (Wildman–Crippen LogP) is 4.00. The Kier molecular flexibility index (Phi) is 4.29. The van der Waals surface area contributed by atoms with Crippen LogP contribution in [-0.2, 0) is 0 Å². The molecule has 0 fully saturated rings. The first-order valence-electron chi connectivity index (χ1n) is 6.74. The number of hydrogen-bond acceptors (Lipinski definition) is 2. The molecule has 1 atom stereocenters. The van der Waals surface area contributed by atoms with Gasteiger partial charge in [0.15, 0.2) is 0 Å². The van der Waals surface area contributed by atoms with Gasteiger partial charge in [0.05, 0.1) is 10.5 Å². The van der Waals surface area contributed by atoms with Crippen molar-refractivity contribution in [2.75, 3.05) is 7.05 Å². The third-order valence-electron chi connectivity index (χ3n) is 3.78. The minimum Gasteiger partial charge on any atom is -0.337 e. The van der Waals surface area contributed by atoms with Gasteiger partial charge < -0.3 is 4.90 Å². The fourth-order valence-electron chi connectivity index (χ4n) is 2.06. The van der Waals surface area contributed by atoms with Crippen LogP contribution in [0.25, 0.3) is 10.9 Å². The van der Waals surface area contributed by atoms with E-state index in [2.05, 4.69) is 18.8 Å². The van der Waals surface area contributed by atoms with Crippen LogP contribution < -0.4 is 0 Å². The van der Waals surface area contributed by atoms with Gasteiger partial charge in [0.2, 0.25) is 0 Å². The Morgan fingerprint density at radius 1 is 1.25 bits per heavy atom. The quantitative estimate of drug-likeness (QED) is 0.856. The second-order valence-corrected chi connectivity index (χ2v) is 5.81. The summed E-state index contributed by atoms with van der Waals surface area (Å²) in [6, 6.07) is 9.36. The first-order valence-corrected chi connectivity index (χ1v) is 7.12. The van der Waals surface area contributed by atoms with Crippen LogP contribution in [0.5, 0.6) is 0 Å². The summed E-state index contributed by atoms with van der Waals surface area (Å²) in [6.07, 6.45) is 0. The SMILES string of the molecule is CC(C)C(C)N(C)C(=O)c1cc(Cl)c2ccccc2n1. The van der Waals surface area contributed by atoms with Crippen LogP contribution in [0.3, 0.4) is 0 Å². The first-order chi connectivity index (χ1) is 9.41. The number of nitrogens with zero attached hydrogens (tertiary/aromatic N) is 2. The maximum absolute atomic E-state index is 12.5. The maximum atomic E-state index is 12.5. The van der Waals surface area contributed by atoms with E-state index >= 15 is 0 Å². The summed E-state index contributed by atoms with van der Waals surface area (Å²) >= 11 is 6.24. The Hall–Kier alpha value is -1.61.